The molecule has 0 fully saturated rings. The molecule has 0 amide bonds. The van der Waals surface area contributed by atoms with E-state index in [1.165, 1.54) is 0 Å². The third kappa shape index (κ3) is 5.77. The van der Waals surface area contributed by atoms with E-state index in [1.54, 1.807) is 23.7 Å². The van der Waals surface area contributed by atoms with Gasteiger partial charge in [-0.3, -0.25) is 4.98 Å². The minimum atomic E-state index is 0. The van der Waals surface area contributed by atoms with Crippen molar-refractivity contribution in [3.8, 4) is 33.2 Å². The fourth-order valence-corrected chi connectivity index (χ4v) is 3.39. The van der Waals surface area contributed by atoms with Crippen molar-refractivity contribution in [2.45, 2.75) is 0 Å². The zero-order chi connectivity index (χ0) is 19.7. The first-order valence-electron chi connectivity index (χ1n) is 9.20. The van der Waals surface area contributed by atoms with Crippen LogP contribution in [0.1, 0.15) is 0 Å². The maximum Gasteiger partial charge on any atom is 0.0893 e. The number of pyridine rings is 3. The van der Waals surface area contributed by atoms with Crippen molar-refractivity contribution in [3.63, 3.8) is 0 Å². The second-order valence-electron chi connectivity index (χ2n) is 6.10. The van der Waals surface area contributed by atoms with Crippen LogP contribution in [-0.2, 0) is 20.1 Å². The van der Waals surface area contributed by atoms with Crippen LogP contribution >= 0.6 is 11.3 Å². The summed E-state index contributed by atoms with van der Waals surface area (Å²) in [5.41, 5.74) is 4.89. The van der Waals surface area contributed by atoms with Gasteiger partial charge in [0, 0.05) is 38.1 Å². The molecule has 0 unspecified atom stereocenters. The Morgan fingerprint density at radius 3 is 1.87 bits per heavy atom. The summed E-state index contributed by atoms with van der Waals surface area (Å²) in [7, 11) is 0. The van der Waals surface area contributed by atoms with Gasteiger partial charge in [0.2, 0.25) is 0 Å². The van der Waals surface area contributed by atoms with Gasteiger partial charge in [-0.05, 0) is 36.0 Å². The van der Waals surface area contributed by atoms with Crippen molar-refractivity contribution in [1.29, 1.82) is 0 Å². The van der Waals surface area contributed by atoms with Crippen molar-refractivity contribution in [1.82, 2.24) is 15.0 Å². The van der Waals surface area contributed by atoms with Gasteiger partial charge in [-0.2, -0.15) is 12.1 Å². The smallest absolute Gasteiger partial charge is 0.0893 e. The molecule has 0 saturated heterocycles. The van der Waals surface area contributed by atoms with Crippen LogP contribution in [0.3, 0.4) is 0 Å². The number of hydrogen-bond donors (Lipinski definition) is 0. The van der Waals surface area contributed by atoms with Crippen LogP contribution in [0.15, 0.2) is 109 Å². The normalized spacial score (nSPS) is 9.73. The maximum absolute atomic E-state index is 4.65. The van der Waals surface area contributed by atoms with E-state index in [0.29, 0.717) is 0 Å². The van der Waals surface area contributed by atoms with Crippen molar-refractivity contribution in [2.75, 3.05) is 0 Å². The van der Waals surface area contributed by atoms with Crippen molar-refractivity contribution in [2.24, 2.45) is 0 Å². The van der Waals surface area contributed by atoms with Crippen LogP contribution in [0, 0.1) is 6.07 Å². The SMILES string of the molecule is [Ir].[c-]1ccsc1-c1ccccn1.c1ccc(-c2cccc(-c3ccccn3)n2)cc1. The second kappa shape index (κ2) is 11.3. The summed E-state index contributed by atoms with van der Waals surface area (Å²) >= 11 is 1.66. The molecule has 0 aliphatic rings. The Hall–Kier alpha value is -2.98. The molecule has 30 heavy (non-hydrogen) atoms. The van der Waals surface area contributed by atoms with Gasteiger partial charge >= 0.3 is 0 Å². The van der Waals surface area contributed by atoms with E-state index in [4.69, 9.17) is 0 Å². The largest absolute Gasteiger partial charge is 0.319 e. The van der Waals surface area contributed by atoms with Crippen molar-refractivity contribution >= 4 is 11.3 Å². The van der Waals surface area contributed by atoms with E-state index in [2.05, 4.69) is 33.2 Å². The number of aromatic nitrogens is 3. The Bertz CT molecular complexity index is 1080. The topological polar surface area (TPSA) is 38.7 Å². The quantitative estimate of drug-likeness (QED) is 0.230. The number of rotatable bonds is 3. The van der Waals surface area contributed by atoms with Crippen molar-refractivity contribution in [3.05, 3.63) is 115 Å². The molecule has 0 spiro atoms. The average Bonchev–Trinajstić information content (AvgIpc) is 3.37. The Kier molecular flexibility index (Phi) is 8.16. The van der Waals surface area contributed by atoms with E-state index >= 15 is 0 Å². The summed E-state index contributed by atoms with van der Waals surface area (Å²) < 4.78 is 0. The summed E-state index contributed by atoms with van der Waals surface area (Å²) in [6, 6.07) is 32.9. The first-order chi connectivity index (χ1) is 14.4. The maximum atomic E-state index is 4.65. The fraction of sp³-hybridized carbons (Fsp3) is 0. The third-order valence-electron chi connectivity index (χ3n) is 4.11. The molecule has 1 aromatic carbocycles. The van der Waals surface area contributed by atoms with E-state index in [-0.39, 0.29) is 20.1 Å². The van der Waals surface area contributed by atoms with Crippen LogP contribution in [0.2, 0.25) is 0 Å². The Morgan fingerprint density at radius 1 is 0.600 bits per heavy atom. The molecule has 0 atom stereocenters. The molecule has 3 nitrogen and oxygen atoms in total. The van der Waals surface area contributed by atoms with Crippen LogP contribution < -0.4 is 0 Å². The molecule has 5 heteroatoms. The molecule has 0 aliphatic carbocycles. The molecule has 0 bridgehead atoms. The first kappa shape index (κ1) is 21.7. The molecular weight excluding hydrogens is 567 g/mol. The van der Waals surface area contributed by atoms with Crippen molar-refractivity contribution < 1.29 is 20.1 Å². The fourth-order valence-electron chi connectivity index (χ4n) is 2.74. The predicted molar refractivity (Wildman–Crippen MR) is 119 cm³/mol. The van der Waals surface area contributed by atoms with Gasteiger partial charge in [-0.15, -0.1) is 5.38 Å². The average molecular weight is 585 g/mol. The van der Waals surface area contributed by atoms with Gasteiger partial charge in [-0.25, -0.2) is 16.3 Å². The summed E-state index contributed by atoms with van der Waals surface area (Å²) in [6.07, 6.45) is 3.58. The van der Waals surface area contributed by atoms with E-state index in [0.717, 1.165) is 33.2 Å². The van der Waals surface area contributed by atoms with Crippen LogP contribution in [-0.4, -0.2) is 15.0 Å². The molecular formula is C25H18IrN3S-. The summed E-state index contributed by atoms with van der Waals surface area (Å²) in [4.78, 5) is 14.3. The monoisotopic (exact) mass is 585 g/mol. The molecule has 1 radical (unpaired) electrons. The molecule has 5 rings (SSSR count). The number of benzene rings is 1. The number of thiophene rings is 1. The molecule has 0 saturated carbocycles. The third-order valence-corrected chi connectivity index (χ3v) is 4.95. The second-order valence-corrected chi connectivity index (χ2v) is 7.01. The molecule has 5 aromatic rings. The van der Waals surface area contributed by atoms with Crippen LogP contribution in [0.4, 0.5) is 0 Å². The zero-order valence-corrected chi connectivity index (χ0v) is 19.2. The molecule has 4 heterocycles. The van der Waals surface area contributed by atoms with Crippen LogP contribution in [0.5, 0.6) is 0 Å². The summed E-state index contributed by atoms with van der Waals surface area (Å²) in [5.74, 6) is 0. The van der Waals surface area contributed by atoms with Gasteiger partial charge in [-0.1, -0.05) is 59.5 Å². The van der Waals surface area contributed by atoms with Gasteiger partial charge in [0.15, 0.2) is 0 Å². The van der Waals surface area contributed by atoms with E-state index < -0.39 is 0 Å². The predicted octanol–water partition coefficient (Wildman–Crippen LogP) is 6.42. The van der Waals surface area contributed by atoms with Gasteiger partial charge in [0.25, 0.3) is 0 Å². The minimum Gasteiger partial charge on any atom is -0.319 e. The standard InChI is InChI=1S/C16H12N2.C9H6NS.Ir/c1-2-7-13(8-3-1)14-10-6-11-16(18-14)15-9-4-5-12-17-15;1-2-6-10-8(4-1)9-5-3-7-11-9;/h1-12H;1-4,6-7H;/q;-1;. The first-order valence-corrected chi connectivity index (χ1v) is 10.1. The minimum absolute atomic E-state index is 0. The van der Waals surface area contributed by atoms with E-state index in [1.807, 2.05) is 84.2 Å². The zero-order valence-electron chi connectivity index (χ0n) is 16.0. The summed E-state index contributed by atoms with van der Waals surface area (Å²) in [6.45, 7) is 0. The Morgan fingerprint density at radius 2 is 1.23 bits per heavy atom. The molecule has 4 aromatic heterocycles. The van der Waals surface area contributed by atoms with Gasteiger partial charge < -0.3 is 4.98 Å². The number of nitrogens with zero attached hydrogens (tertiary/aromatic N) is 3. The van der Waals surface area contributed by atoms with Gasteiger partial charge in [0.1, 0.15) is 0 Å². The molecule has 0 N–H and O–H groups in total. The van der Waals surface area contributed by atoms with E-state index in [9.17, 15) is 0 Å². The van der Waals surface area contributed by atoms with Crippen LogP contribution in [0.25, 0.3) is 33.2 Å². The molecule has 149 valence electrons. The Balaban J connectivity index is 0.000000184. The number of hydrogen-bond acceptors (Lipinski definition) is 4. The molecule has 0 aliphatic heterocycles. The summed E-state index contributed by atoms with van der Waals surface area (Å²) in [5, 5.41) is 2.00. The Labute approximate surface area is 193 Å². The van der Waals surface area contributed by atoms with Gasteiger partial charge in [0.05, 0.1) is 17.1 Å².